The van der Waals surface area contributed by atoms with Crippen LogP contribution >= 0.6 is 0 Å². The second-order valence-electron chi connectivity index (χ2n) is 20.4. The largest absolute Gasteiger partial charge is 0.465 e. The van der Waals surface area contributed by atoms with E-state index in [4.69, 9.17) is 14.2 Å². The van der Waals surface area contributed by atoms with Crippen LogP contribution < -0.4 is 0 Å². The summed E-state index contributed by atoms with van der Waals surface area (Å²) in [6.45, 7) is 8.65. The highest BCUT2D eigenvalue weighted by Gasteiger charge is 2.34. The molecule has 0 aliphatic rings. The van der Waals surface area contributed by atoms with Crippen LogP contribution in [0.4, 0.5) is 0 Å². The fourth-order valence-corrected chi connectivity index (χ4v) is 8.42. The Kier molecular flexibility index (Phi) is 48.6. The molecule has 0 fully saturated rings. The van der Waals surface area contributed by atoms with Crippen molar-refractivity contribution in [3.63, 3.8) is 0 Å². The van der Waals surface area contributed by atoms with Gasteiger partial charge in [0.1, 0.15) is 19.8 Å². The summed E-state index contributed by atoms with van der Waals surface area (Å²) in [4.78, 5) is 38.7. The lowest BCUT2D eigenvalue weighted by molar-refractivity contribution is -0.162. The van der Waals surface area contributed by atoms with Gasteiger partial charge in [0.05, 0.1) is 23.7 Å². The van der Waals surface area contributed by atoms with E-state index in [0.717, 1.165) is 173 Å². The molecule has 0 rings (SSSR count). The minimum Gasteiger partial charge on any atom is -0.465 e. The third kappa shape index (κ3) is 46.3. The Labute approximate surface area is 424 Å². The van der Waals surface area contributed by atoms with E-state index in [2.05, 4.69) is 57.2 Å². The Hall–Kier alpha value is -2.49. The molecule has 0 unspecified atom stereocenters. The molecule has 9 nitrogen and oxygen atoms in total. The molecular formula is C60H110O9. The molecule has 0 saturated heterocycles. The molecule has 0 radical (unpaired) electrons. The zero-order valence-electron chi connectivity index (χ0n) is 45.4. The Bertz CT molecular complexity index is 1100. The summed E-state index contributed by atoms with van der Waals surface area (Å²) in [5.41, 5.74) is -0.809. The predicted octanol–water partition coefficient (Wildman–Crippen LogP) is 16.0. The van der Waals surface area contributed by atoms with Gasteiger partial charge in [-0.25, -0.2) is 0 Å². The highest BCUT2D eigenvalue weighted by atomic mass is 16.6. The first-order valence-corrected chi connectivity index (χ1v) is 29.1. The second-order valence-corrected chi connectivity index (χ2v) is 20.4. The summed E-state index contributed by atoms with van der Waals surface area (Å²) in [7, 11) is 0. The molecule has 69 heavy (non-hydrogen) atoms. The molecule has 3 N–H and O–H groups in total. The van der Waals surface area contributed by atoms with Crippen molar-refractivity contribution in [3.8, 4) is 0 Å². The van der Waals surface area contributed by atoms with Gasteiger partial charge < -0.3 is 29.5 Å². The Morgan fingerprint density at radius 2 is 0.623 bits per heavy atom. The fourth-order valence-electron chi connectivity index (χ4n) is 8.42. The Balaban J connectivity index is 4.73. The van der Waals surface area contributed by atoms with Gasteiger partial charge in [-0.1, -0.05) is 199 Å². The lowest BCUT2D eigenvalue weighted by Gasteiger charge is -2.31. The number of unbranched alkanes of at least 4 members (excludes halogenated alkanes) is 24. The van der Waals surface area contributed by atoms with E-state index in [1.54, 1.807) is 0 Å². The zero-order chi connectivity index (χ0) is 50.7. The van der Waals surface area contributed by atoms with Gasteiger partial charge in [-0.2, -0.15) is 0 Å². The maximum absolute atomic E-state index is 12.9. The highest BCUT2D eigenvalue weighted by Crippen LogP contribution is 2.26. The molecule has 0 aromatic carbocycles. The molecule has 0 aromatic heterocycles. The normalized spacial score (nSPS) is 13.4. The number of carbonyl (C=O) groups is 3. The maximum Gasteiger partial charge on any atom is 0.305 e. The van der Waals surface area contributed by atoms with Gasteiger partial charge >= 0.3 is 17.9 Å². The number of rotatable bonds is 52. The number of esters is 3. The molecule has 0 aromatic rings. The van der Waals surface area contributed by atoms with E-state index in [0.29, 0.717) is 25.7 Å². The van der Waals surface area contributed by atoms with Crippen molar-refractivity contribution in [3.05, 3.63) is 36.5 Å². The average molecular weight is 976 g/mol. The third-order valence-electron chi connectivity index (χ3n) is 13.5. The van der Waals surface area contributed by atoms with Crippen molar-refractivity contribution in [2.24, 2.45) is 5.41 Å². The zero-order valence-corrected chi connectivity index (χ0v) is 45.4. The first-order chi connectivity index (χ1) is 33.6. The number of ether oxygens (including phenoxy) is 3. The van der Waals surface area contributed by atoms with Crippen LogP contribution in [0.25, 0.3) is 0 Å². The third-order valence-corrected chi connectivity index (χ3v) is 13.5. The topological polar surface area (TPSA) is 140 Å². The summed E-state index contributed by atoms with van der Waals surface area (Å²) < 4.78 is 17.4. The van der Waals surface area contributed by atoms with Crippen LogP contribution in [0.15, 0.2) is 36.5 Å². The van der Waals surface area contributed by atoms with Crippen LogP contribution in [-0.2, 0) is 28.6 Å². The SMILES string of the molecule is CCCCCC[C@@H](O)C/C=C/CCCCCCCC(=O)OCC(CC)(COC(=O)CCCCCCC/C=C/C[C@H](O)CCCCCC)COC(=O)CCCCCCC/C=C/C[C@H](O)CCCCCC. The van der Waals surface area contributed by atoms with Gasteiger partial charge in [-0.15, -0.1) is 0 Å². The molecule has 404 valence electrons. The summed E-state index contributed by atoms with van der Waals surface area (Å²) in [5.74, 6) is -0.838. The summed E-state index contributed by atoms with van der Waals surface area (Å²) in [6.07, 6.45) is 50.7. The first-order valence-electron chi connectivity index (χ1n) is 29.1. The van der Waals surface area contributed by atoms with Gasteiger partial charge in [0.25, 0.3) is 0 Å². The maximum atomic E-state index is 12.9. The standard InChI is InChI=1S/C60H110O9/c1-5-9-12-33-42-54(61)45-36-27-21-15-18-24-30-39-48-57(64)67-51-60(8-4,52-68-58(65)49-40-31-25-19-16-22-28-37-46-55(62)43-34-13-10-6-2)53-69-59(66)50-41-32-26-20-17-23-29-38-47-56(63)44-35-14-11-7-3/h27-29,36-38,54-56,61-63H,5-26,30-35,39-53H2,1-4H3/b36-27+,37-28+,38-29+/t54-,55-,56-/m1/s1. The van der Waals surface area contributed by atoms with E-state index >= 15 is 0 Å². The molecule has 0 amide bonds. The number of aliphatic hydroxyl groups excluding tert-OH is 3. The van der Waals surface area contributed by atoms with E-state index in [1.165, 1.54) is 57.8 Å². The predicted molar refractivity (Wildman–Crippen MR) is 288 cm³/mol. The molecule has 3 atom stereocenters. The van der Waals surface area contributed by atoms with Crippen LogP contribution in [0, 0.1) is 5.41 Å². The monoisotopic (exact) mass is 975 g/mol. The number of hydrogen-bond acceptors (Lipinski definition) is 9. The van der Waals surface area contributed by atoms with E-state index in [-0.39, 0.29) is 56.0 Å². The molecule has 9 heteroatoms. The minimum absolute atomic E-state index is 0.0292. The molecular weight excluding hydrogens is 865 g/mol. The molecule has 0 bridgehead atoms. The van der Waals surface area contributed by atoms with Gasteiger partial charge in [0.2, 0.25) is 0 Å². The van der Waals surface area contributed by atoms with Crippen LogP contribution in [-0.4, -0.2) is 71.4 Å². The van der Waals surface area contributed by atoms with Crippen molar-refractivity contribution in [2.45, 2.75) is 303 Å². The summed E-state index contributed by atoms with van der Waals surface area (Å²) >= 11 is 0. The van der Waals surface area contributed by atoms with Gasteiger partial charge in [-0.3, -0.25) is 14.4 Å². The highest BCUT2D eigenvalue weighted by molar-refractivity contribution is 5.70. The molecule has 0 aliphatic heterocycles. The van der Waals surface area contributed by atoms with Gasteiger partial charge in [0, 0.05) is 19.3 Å². The first kappa shape index (κ1) is 66.5. The second kappa shape index (κ2) is 50.5. The average Bonchev–Trinajstić information content (AvgIpc) is 3.34. The van der Waals surface area contributed by atoms with Crippen molar-refractivity contribution in [2.75, 3.05) is 19.8 Å². The number of aliphatic hydroxyl groups is 3. The van der Waals surface area contributed by atoms with Crippen LogP contribution in [0.5, 0.6) is 0 Å². The van der Waals surface area contributed by atoms with Crippen LogP contribution in [0.3, 0.4) is 0 Å². The Morgan fingerprint density at radius 3 is 0.899 bits per heavy atom. The van der Waals surface area contributed by atoms with Gasteiger partial charge in [0.15, 0.2) is 0 Å². The summed E-state index contributed by atoms with van der Waals surface area (Å²) in [6, 6.07) is 0. The van der Waals surface area contributed by atoms with E-state index in [1.807, 2.05) is 6.92 Å². The smallest absolute Gasteiger partial charge is 0.305 e. The number of carbonyl (C=O) groups excluding carboxylic acids is 3. The lowest BCUT2D eigenvalue weighted by atomic mass is 9.88. The van der Waals surface area contributed by atoms with E-state index in [9.17, 15) is 29.7 Å². The molecule has 0 saturated carbocycles. The molecule has 0 spiro atoms. The number of allylic oxidation sites excluding steroid dienone is 3. The van der Waals surface area contributed by atoms with Crippen molar-refractivity contribution in [1.29, 1.82) is 0 Å². The Morgan fingerprint density at radius 1 is 0.362 bits per heavy atom. The van der Waals surface area contributed by atoms with Crippen LogP contribution in [0.2, 0.25) is 0 Å². The molecule has 0 heterocycles. The van der Waals surface area contributed by atoms with Crippen molar-refractivity contribution < 1.29 is 43.9 Å². The summed E-state index contributed by atoms with van der Waals surface area (Å²) in [5, 5.41) is 30.5. The van der Waals surface area contributed by atoms with Crippen molar-refractivity contribution >= 4 is 17.9 Å². The molecule has 0 aliphatic carbocycles. The minimum atomic E-state index is -0.809. The quantitative estimate of drug-likeness (QED) is 0.0235. The fraction of sp³-hybridized carbons (Fsp3) is 0.850. The van der Waals surface area contributed by atoms with E-state index < -0.39 is 5.41 Å². The van der Waals surface area contributed by atoms with Crippen LogP contribution in [0.1, 0.15) is 285 Å². The van der Waals surface area contributed by atoms with Gasteiger partial charge in [-0.05, 0) is 103 Å². The number of hydrogen-bond donors (Lipinski definition) is 3. The lowest BCUT2D eigenvalue weighted by Crippen LogP contribution is -2.39. The van der Waals surface area contributed by atoms with Crippen molar-refractivity contribution in [1.82, 2.24) is 0 Å².